The topological polar surface area (TPSA) is 95.3 Å². The lowest BCUT2D eigenvalue weighted by molar-refractivity contribution is -0.147. The molecule has 0 heterocycles. The van der Waals surface area contributed by atoms with Crippen LogP contribution >= 0.6 is 15.9 Å². The Bertz CT molecular complexity index is 474. The third-order valence-electron chi connectivity index (χ3n) is 2.23. The lowest BCUT2D eigenvalue weighted by atomic mass is 10.0. The second-order valence-corrected chi connectivity index (χ2v) is 4.22. The second-order valence-electron chi connectivity index (χ2n) is 3.37. The lowest BCUT2D eigenvalue weighted by Gasteiger charge is -2.18. The number of carbonyl (C=O) groups excluding carboxylic acids is 1. The first-order valence-electron chi connectivity index (χ1n) is 5.25. The highest BCUT2D eigenvalue weighted by atomic mass is 79.9. The number of benzene rings is 1. The molecular formula is C11H12BrN3O3. The number of aliphatic hydroxyl groups is 1. The van der Waals surface area contributed by atoms with Crippen LogP contribution in [0.1, 0.15) is 18.6 Å². The van der Waals surface area contributed by atoms with Crippen molar-refractivity contribution in [1.29, 1.82) is 0 Å². The smallest absolute Gasteiger partial charge is 0.317 e. The number of aliphatic hydroxyl groups excluding tert-OH is 1. The van der Waals surface area contributed by atoms with Gasteiger partial charge in [-0.3, -0.25) is 4.79 Å². The van der Waals surface area contributed by atoms with Gasteiger partial charge in [-0.1, -0.05) is 39.2 Å². The Morgan fingerprint density at radius 2 is 2.28 bits per heavy atom. The molecule has 1 aromatic rings. The number of halogens is 1. The zero-order chi connectivity index (χ0) is 13.5. The molecule has 18 heavy (non-hydrogen) atoms. The number of hydrogen-bond acceptors (Lipinski definition) is 4. The highest BCUT2D eigenvalue weighted by Crippen LogP contribution is 2.27. The van der Waals surface area contributed by atoms with Crippen molar-refractivity contribution in [3.8, 4) is 0 Å². The molecule has 0 fully saturated rings. The number of hydrogen-bond donors (Lipinski definition) is 1. The van der Waals surface area contributed by atoms with Crippen molar-refractivity contribution in [2.75, 3.05) is 6.61 Å². The summed E-state index contributed by atoms with van der Waals surface area (Å²) in [5.41, 5.74) is 8.91. The van der Waals surface area contributed by atoms with Gasteiger partial charge in [0, 0.05) is 9.38 Å². The van der Waals surface area contributed by atoms with Crippen LogP contribution in [0.15, 0.2) is 33.9 Å². The summed E-state index contributed by atoms with van der Waals surface area (Å²) in [6, 6.07) is 5.54. The first kappa shape index (κ1) is 14.5. The summed E-state index contributed by atoms with van der Waals surface area (Å²) in [6.45, 7) is 1.79. The van der Waals surface area contributed by atoms with E-state index < -0.39 is 18.1 Å². The van der Waals surface area contributed by atoms with Gasteiger partial charge < -0.3 is 9.84 Å². The average Bonchev–Trinajstić information content (AvgIpc) is 2.36. The minimum Gasteiger partial charge on any atom is -0.466 e. The Balaban J connectivity index is 3.03. The van der Waals surface area contributed by atoms with Gasteiger partial charge in [-0.05, 0) is 24.1 Å². The van der Waals surface area contributed by atoms with Crippen LogP contribution in [0.3, 0.4) is 0 Å². The van der Waals surface area contributed by atoms with Gasteiger partial charge in [-0.15, -0.1) is 0 Å². The lowest BCUT2D eigenvalue weighted by Crippen LogP contribution is -2.28. The minimum absolute atomic E-state index is 0.152. The molecule has 0 bridgehead atoms. The van der Waals surface area contributed by atoms with Crippen LogP contribution in [0, 0.1) is 0 Å². The quantitative estimate of drug-likeness (QED) is 0.392. The van der Waals surface area contributed by atoms with Crippen LogP contribution in [0.5, 0.6) is 0 Å². The van der Waals surface area contributed by atoms with Crippen LogP contribution in [0.25, 0.3) is 10.4 Å². The number of nitrogens with zero attached hydrogens (tertiary/aromatic N) is 3. The van der Waals surface area contributed by atoms with Crippen molar-refractivity contribution in [3.63, 3.8) is 0 Å². The summed E-state index contributed by atoms with van der Waals surface area (Å²) >= 11 is 3.26. The van der Waals surface area contributed by atoms with E-state index in [4.69, 9.17) is 10.3 Å². The van der Waals surface area contributed by atoms with Crippen LogP contribution < -0.4 is 0 Å². The standard InChI is InChI=1S/C11H12BrN3O3/c1-2-18-11(17)9(14-15-13)10(16)7-5-3-4-6-8(7)12/h3-6,9-10,16H,2H2,1H3/t9-,10-/m1/s1. The van der Waals surface area contributed by atoms with Crippen LogP contribution in [-0.4, -0.2) is 23.7 Å². The summed E-state index contributed by atoms with van der Waals surface area (Å²) in [4.78, 5) is 14.2. The van der Waals surface area contributed by atoms with Crippen LogP contribution in [-0.2, 0) is 9.53 Å². The number of carbonyl (C=O) groups is 1. The van der Waals surface area contributed by atoms with Crippen LogP contribution in [0.2, 0.25) is 0 Å². The third kappa shape index (κ3) is 3.46. The van der Waals surface area contributed by atoms with E-state index >= 15 is 0 Å². The van der Waals surface area contributed by atoms with Gasteiger partial charge in [-0.2, -0.15) is 0 Å². The zero-order valence-corrected chi connectivity index (χ0v) is 11.2. The summed E-state index contributed by atoms with van der Waals surface area (Å²) in [5, 5.41) is 13.4. The van der Waals surface area contributed by atoms with Crippen molar-refractivity contribution >= 4 is 21.9 Å². The first-order chi connectivity index (χ1) is 8.61. The average molecular weight is 314 g/mol. The molecule has 0 spiro atoms. The fourth-order valence-corrected chi connectivity index (χ4v) is 1.93. The number of esters is 1. The number of rotatable bonds is 5. The van der Waals surface area contributed by atoms with E-state index in [0.29, 0.717) is 10.0 Å². The highest BCUT2D eigenvalue weighted by Gasteiger charge is 2.29. The molecule has 0 aromatic heterocycles. The van der Waals surface area contributed by atoms with Gasteiger partial charge in [0.1, 0.15) is 0 Å². The molecule has 0 amide bonds. The van der Waals surface area contributed by atoms with Crippen molar-refractivity contribution in [3.05, 3.63) is 44.7 Å². The Kier molecular flexibility index (Phi) is 5.64. The van der Waals surface area contributed by atoms with Gasteiger partial charge in [0.25, 0.3) is 0 Å². The number of azide groups is 1. The fourth-order valence-electron chi connectivity index (χ4n) is 1.41. The van der Waals surface area contributed by atoms with Gasteiger partial charge in [0.05, 0.1) is 12.7 Å². The maximum atomic E-state index is 11.6. The highest BCUT2D eigenvalue weighted by molar-refractivity contribution is 9.10. The molecule has 1 rings (SSSR count). The predicted octanol–water partition coefficient (Wildman–Crippen LogP) is 2.72. The molecule has 2 atom stereocenters. The van der Waals surface area contributed by atoms with E-state index in [-0.39, 0.29) is 6.61 Å². The van der Waals surface area contributed by atoms with Crippen LogP contribution in [0.4, 0.5) is 0 Å². The third-order valence-corrected chi connectivity index (χ3v) is 2.95. The van der Waals surface area contributed by atoms with E-state index in [1.807, 2.05) is 0 Å². The van der Waals surface area contributed by atoms with Crippen molar-refractivity contribution in [2.45, 2.75) is 19.1 Å². The van der Waals surface area contributed by atoms with Crippen molar-refractivity contribution in [1.82, 2.24) is 0 Å². The van der Waals surface area contributed by atoms with E-state index in [1.54, 1.807) is 31.2 Å². The molecule has 1 N–H and O–H groups in total. The summed E-state index contributed by atoms with van der Waals surface area (Å²) in [7, 11) is 0. The Labute approximate surface area is 112 Å². The van der Waals surface area contributed by atoms with E-state index in [2.05, 4.69) is 26.0 Å². The molecule has 0 aliphatic rings. The normalized spacial score (nSPS) is 13.3. The van der Waals surface area contributed by atoms with Crippen molar-refractivity contribution in [2.24, 2.45) is 5.11 Å². The molecule has 96 valence electrons. The molecule has 0 aliphatic carbocycles. The monoisotopic (exact) mass is 313 g/mol. The van der Waals surface area contributed by atoms with Gasteiger partial charge in [-0.25, -0.2) is 0 Å². The van der Waals surface area contributed by atoms with Gasteiger partial charge >= 0.3 is 5.97 Å². The van der Waals surface area contributed by atoms with Crippen molar-refractivity contribution < 1.29 is 14.6 Å². The SMILES string of the molecule is CCOC(=O)[C@H](N=[N+]=[N-])[C@H](O)c1ccccc1Br. The van der Waals surface area contributed by atoms with E-state index in [0.717, 1.165) is 0 Å². The summed E-state index contributed by atoms with van der Waals surface area (Å²) < 4.78 is 5.38. The zero-order valence-electron chi connectivity index (χ0n) is 9.65. The molecule has 7 heteroatoms. The molecular weight excluding hydrogens is 302 g/mol. The predicted molar refractivity (Wildman–Crippen MR) is 68.7 cm³/mol. The molecule has 0 saturated carbocycles. The number of ether oxygens (including phenoxy) is 1. The molecule has 6 nitrogen and oxygen atoms in total. The van der Waals surface area contributed by atoms with E-state index in [9.17, 15) is 9.90 Å². The van der Waals surface area contributed by atoms with Gasteiger partial charge in [0.2, 0.25) is 0 Å². The second kappa shape index (κ2) is 7.00. The Hall–Kier alpha value is -1.56. The minimum atomic E-state index is -1.30. The maximum Gasteiger partial charge on any atom is 0.317 e. The molecule has 0 saturated heterocycles. The molecule has 0 radical (unpaired) electrons. The largest absolute Gasteiger partial charge is 0.466 e. The molecule has 1 aromatic carbocycles. The van der Waals surface area contributed by atoms with Gasteiger partial charge in [0.15, 0.2) is 6.04 Å². The van der Waals surface area contributed by atoms with E-state index in [1.165, 1.54) is 0 Å². The maximum absolute atomic E-state index is 11.6. The molecule has 0 aliphatic heterocycles. The summed E-state index contributed by atoms with van der Waals surface area (Å²) in [5.74, 6) is -0.751. The first-order valence-corrected chi connectivity index (χ1v) is 6.04. The molecule has 0 unspecified atom stereocenters. The Morgan fingerprint density at radius 3 is 2.83 bits per heavy atom. The Morgan fingerprint density at radius 1 is 1.61 bits per heavy atom. The summed E-state index contributed by atoms with van der Waals surface area (Å²) in [6.07, 6.45) is -1.25. The fraction of sp³-hybridized carbons (Fsp3) is 0.364.